The SMILES string of the molecule is CN=C(N)NC(=O)CCCC(=O)OCCn1c([N+](=O)[O-])cnc1C. The summed E-state index contributed by atoms with van der Waals surface area (Å²) in [5, 5.41) is 13.2. The van der Waals surface area contributed by atoms with E-state index in [9.17, 15) is 19.7 Å². The first-order chi connectivity index (χ1) is 11.3. The number of rotatable bonds is 8. The Labute approximate surface area is 138 Å². The topological polar surface area (TPSA) is 155 Å². The van der Waals surface area contributed by atoms with Crippen LogP contribution in [-0.4, -0.2) is 46.0 Å². The molecule has 3 N–H and O–H groups in total. The lowest BCUT2D eigenvalue weighted by atomic mass is 10.2. The zero-order valence-corrected chi connectivity index (χ0v) is 13.5. The van der Waals surface area contributed by atoms with Gasteiger partial charge in [-0.1, -0.05) is 0 Å². The van der Waals surface area contributed by atoms with Crippen LogP contribution in [0.4, 0.5) is 5.82 Å². The number of carbonyl (C=O) groups is 2. The summed E-state index contributed by atoms with van der Waals surface area (Å²) in [5.74, 6) is -0.504. The van der Waals surface area contributed by atoms with Crippen LogP contribution >= 0.6 is 0 Å². The van der Waals surface area contributed by atoms with Crippen molar-refractivity contribution in [2.24, 2.45) is 10.7 Å². The molecule has 0 bridgehead atoms. The summed E-state index contributed by atoms with van der Waals surface area (Å²) in [5.41, 5.74) is 5.33. The van der Waals surface area contributed by atoms with Crippen LogP contribution in [0.1, 0.15) is 25.1 Å². The number of amides is 1. The van der Waals surface area contributed by atoms with Crippen LogP contribution in [0.2, 0.25) is 0 Å². The summed E-state index contributed by atoms with van der Waals surface area (Å²) in [6.45, 7) is 1.75. The lowest BCUT2D eigenvalue weighted by Gasteiger charge is -2.06. The summed E-state index contributed by atoms with van der Waals surface area (Å²) in [7, 11) is 1.44. The number of carbonyl (C=O) groups excluding carboxylic acids is 2. The number of nitrogens with zero attached hydrogens (tertiary/aromatic N) is 4. The first-order valence-electron chi connectivity index (χ1n) is 7.19. The van der Waals surface area contributed by atoms with Gasteiger partial charge < -0.3 is 20.6 Å². The molecule has 11 nitrogen and oxygen atoms in total. The summed E-state index contributed by atoms with van der Waals surface area (Å²) >= 11 is 0. The molecule has 0 saturated heterocycles. The summed E-state index contributed by atoms with van der Waals surface area (Å²) in [4.78, 5) is 40.7. The maximum Gasteiger partial charge on any atom is 0.342 e. The lowest BCUT2D eigenvalue weighted by molar-refractivity contribution is -0.392. The van der Waals surface area contributed by atoms with Crippen LogP contribution in [0.5, 0.6) is 0 Å². The molecular weight excluding hydrogens is 320 g/mol. The molecule has 0 aromatic carbocycles. The predicted molar refractivity (Wildman–Crippen MR) is 84.1 cm³/mol. The monoisotopic (exact) mass is 340 g/mol. The van der Waals surface area contributed by atoms with Crippen molar-refractivity contribution < 1.29 is 19.2 Å². The summed E-state index contributed by atoms with van der Waals surface area (Å²) in [6, 6.07) is 0. The maximum atomic E-state index is 11.6. The zero-order chi connectivity index (χ0) is 18.1. The first kappa shape index (κ1) is 19.1. The quantitative estimate of drug-likeness (QED) is 0.219. The van der Waals surface area contributed by atoms with Crippen LogP contribution in [0.3, 0.4) is 0 Å². The molecule has 24 heavy (non-hydrogen) atoms. The number of aliphatic imine (C=N–C) groups is 1. The maximum absolute atomic E-state index is 11.6. The molecule has 0 unspecified atom stereocenters. The molecule has 0 aliphatic carbocycles. The number of hydrogen-bond donors (Lipinski definition) is 2. The van der Waals surface area contributed by atoms with Gasteiger partial charge in [0.2, 0.25) is 5.91 Å². The van der Waals surface area contributed by atoms with E-state index in [0.717, 1.165) is 6.20 Å². The molecule has 1 rings (SSSR count). The van der Waals surface area contributed by atoms with E-state index >= 15 is 0 Å². The minimum atomic E-state index is -0.550. The van der Waals surface area contributed by atoms with Crippen molar-refractivity contribution in [3.8, 4) is 0 Å². The molecule has 132 valence electrons. The smallest absolute Gasteiger partial charge is 0.342 e. The van der Waals surface area contributed by atoms with Crippen LogP contribution in [0.15, 0.2) is 11.2 Å². The highest BCUT2D eigenvalue weighted by Crippen LogP contribution is 2.13. The first-order valence-corrected chi connectivity index (χ1v) is 7.19. The Morgan fingerprint density at radius 3 is 2.83 bits per heavy atom. The largest absolute Gasteiger partial charge is 0.461 e. The van der Waals surface area contributed by atoms with Crippen LogP contribution in [-0.2, 0) is 20.9 Å². The van der Waals surface area contributed by atoms with Crippen molar-refractivity contribution >= 4 is 23.7 Å². The number of esters is 1. The second-order valence-electron chi connectivity index (χ2n) is 4.80. The highest BCUT2D eigenvalue weighted by molar-refractivity contribution is 5.96. The van der Waals surface area contributed by atoms with Crippen molar-refractivity contribution in [2.45, 2.75) is 32.7 Å². The van der Waals surface area contributed by atoms with Crippen molar-refractivity contribution in [3.63, 3.8) is 0 Å². The number of nitro groups is 1. The molecule has 0 aliphatic heterocycles. The van der Waals surface area contributed by atoms with Gasteiger partial charge in [-0.3, -0.25) is 19.9 Å². The van der Waals surface area contributed by atoms with E-state index in [1.807, 2.05) is 0 Å². The van der Waals surface area contributed by atoms with E-state index in [4.69, 9.17) is 10.5 Å². The molecule has 0 radical (unpaired) electrons. The second kappa shape index (κ2) is 9.22. The van der Waals surface area contributed by atoms with Gasteiger partial charge >= 0.3 is 11.8 Å². The molecule has 1 aromatic heterocycles. The Morgan fingerprint density at radius 1 is 1.50 bits per heavy atom. The normalized spacial score (nSPS) is 11.2. The zero-order valence-electron chi connectivity index (χ0n) is 13.5. The molecular formula is C13H20N6O5. The summed E-state index contributed by atoms with van der Waals surface area (Å²) < 4.78 is 6.35. The van der Waals surface area contributed by atoms with Gasteiger partial charge in [0.1, 0.15) is 19.3 Å². The number of imidazole rings is 1. The Kier molecular flexibility index (Phi) is 7.33. The van der Waals surface area contributed by atoms with Gasteiger partial charge in [-0.25, -0.2) is 9.55 Å². The van der Waals surface area contributed by atoms with Crippen molar-refractivity contribution in [1.29, 1.82) is 0 Å². The van der Waals surface area contributed by atoms with Gasteiger partial charge in [-0.2, -0.15) is 0 Å². The molecule has 1 aromatic rings. The molecule has 0 spiro atoms. The van der Waals surface area contributed by atoms with E-state index < -0.39 is 10.9 Å². The van der Waals surface area contributed by atoms with Crippen molar-refractivity contribution in [3.05, 3.63) is 22.1 Å². The van der Waals surface area contributed by atoms with Gasteiger partial charge in [-0.05, 0) is 11.3 Å². The average Bonchev–Trinajstić information content (AvgIpc) is 2.88. The van der Waals surface area contributed by atoms with Crippen molar-refractivity contribution in [2.75, 3.05) is 13.7 Å². The van der Waals surface area contributed by atoms with E-state index in [2.05, 4.69) is 15.3 Å². The minimum absolute atomic E-state index is 0.0138. The second-order valence-corrected chi connectivity index (χ2v) is 4.80. The Bertz CT molecular complexity index is 639. The number of aryl methyl sites for hydroxylation is 1. The fraction of sp³-hybridized carbons (Fsp3) is 0.538. The van der Waals surface area contributed by atoms with E-state index in [1.165, 1.54) is 11.6 Å². The number of nitrogens with two attached hydrogens (primary N) is 1. The third-order valence-corrected chi connectivity index (χ3v) is 3.09. The lowest BCUT2D eigenvalue weighted by Crippen LogP contribution is -2.36. The van der Waals surface area contributed by atoms with Gasteiger partial charge in [0.15, 0.2) is 11.8 Å². The number of hydrogen-bond acceptors (Lipinski definition) is 7. The van der Waals surface area contributed by atoms with E-state index in [0.29, 0.717) is 12.2 Å². The number of guanidine groups is 1. The van der Waals surface area contributed by atoms with Gasteiger partial charge in [0.05, 0.1) is 0 Å². The standard InChI is InChI=1S/C13H20N6O5/c1-9-16-8-11(19(22)23)18(9)6-7-24-12(21)5-3-4-10(20)17-13(14)15-2/h8H,3-7H2,1-2H3,(H3,14,15,17,20). The molecule has 0 atom stereocenters. The molecule has 0 fully saturated rings. The van der Waals surface area contributed by atoms with E-state index in [1.54, 1.807) is 6.92 Å². The minimum Gasteiger partial charge on any atom is -0.461 e. The number of ether oxygens (including phenoxy) is 1. The Hall–Kier alpha value is -2.98. The van der Waals surface area contributed by atoms with Gasteiger partial charge in [0, 0.05) is 26.8 Å². The predicted octanol–water partition coefficient (Wildman–Crippen LogP) is -0.126. The third kappa shape index (κ3) is 6.02. The van der Waals surface area contributed by atoms with Crippen molar-refractivity contribution in [1.82, 2.24) is 14.9 Å². The molecule has 1 amide bonds. The van der Waals surface area contributed by atoms with Crippen LogP contribution < -0.4 is 11.1 Å². The highest BCUT2D eigenvalue weighted by atomic mass is 16.6. The Morgan fingerprint density at radius 2 is 2.21 bits per heavy atom. The van der Waals surface area contributed by atoms with E-state index in [-0.39, 0.29) is 43.7 Å². The fourth-order valence-electron chi connectivity index (χ4n) is 1.86. The Balaban J connectivity index is 2.29. The molecule has 1 heterocycles. The molecule has 0 aliphatic rings. The van der Waals surface area contributed by atoms with Gasteiger partial charge in [0.25, 0.3) is 0 Å². The number of nitrogens with one attached hydrogen (secondary N) is 1. The molecule has 0 saturated carbocycles. The van der Waals surface area contributed by atoms with Crippen LogP contribution in [0.25, 0.3) is 0 Å². The average molecular weight is 340 g/mol. The van der Waals surface area contributed by atoms with Crippen LogP contribution in [0, 0.1) is 17.0 Å². The highest BCUT2D eigenvalue weighted by Gasteiger charge is 2.17. The summed E-state index contributed by atoms with van der Waals surface area (Å²) in [6.07, 6.45) is 1.62. The molecule has 11 heteroatoms. The van der Waals surface area contributed by atoms with Gasteiger partial charge in [-0.15, -0.1) is 0 Å². The third-order valence-electron chi connectivity index (χ3n) is 3.09. The number of aromatic nitrogens is 2. The fourth-order valence-corrected chi connectivity index (χ4v) is 1.86.